The number of hydrogen-bond donors (Lipinski definition) is 3. The molecule has 0 unspecified atom stereocenters. The first-order valence-corrected chi connectivity index (χ1v) is 7.01. The lowest BCUT2D eigenvalue weighted by Crippen LogP contribution is -2.20. The van der Waals surface area contributed by atoms with Gasteiger partial charge in [-0.25, -0.2) is 9.78 Å². The van der Waals surface area contributed by atoms with Gasteiger partial charge in [0, 0.05) is 6.54 Å². The Balaban J connectivity index is 1.76. The smallest absolute Gasteiger partial charge is 0.337 e. The van der Waals surface area contributed by atoms with Crippen LogP contribution in [0.1, 0.15) is 42.5 Å². The number of hydrogen-bond acceptors (Lipinski definition) is 5. The fourth-order valence-electron chi connectivity index (χ4n) is 2.38. The van der Waals surface area contributed by atoms with Crippen LogP contribution in [0.5, 0.6) is 0 Å². The number of anilines is 2. The Labute approximate surface area is 118 Å². The first kappa shape index (κ1) is 14.6. The summed E-state index contributed by atoms with van der Waals surface area (Å²) in [6.07, 6.45) is 7.82. The van der Waals surface area contributed by atoms with Crippen LogP contribution in [-0.2, 0) is 4.74 Å². The number of carbonyl (C=O) groups is 1. The zero-order valence-electron chi connectivity index (χ0n) is 11.5. The SMILES string of the molecule is Nc1cnc(NCCOC2CCCCC2)cc1C(=O)O. The topological polar surface area (TPSA) is 97.5 Å². The minimum atomic E-state index is -1.05. The molecule has 1 heterocycles. The monoisotopic (exact) mass is 279 g/mol. The van der Waals surface area contributed by atoms with Gasteiger partial charge in [0.15, 0.2) is 0 Å². The maximum atomic E-state index is 11.0. The van der Waals surface area contributed by atoms with Gasteiger partial charge < -0.3 is 20.9 Å². The maximum Gasteiger partial charge on any atom is 0.337 e. The van der Waals surface area contributed by atoms with Gasteiger partial charge in [-0.15, -0.1) is 0 Å². The minimum Gasteiger partial charge on any atom is -0.478 e. The van der Waals surface area contributed by atoms with E-state index >= 15 is 0 Å². The van der Waals surface area contributed by atoms with Crippen molar-refractivity contribution >= 4 is 17.5 Å². The van der Waals surface area contributed by atoms with Crippen LogP contribution >= 0.6 is 0 Å². The molecule has 0 atom stereocenters. The van der Waals surface area contributed by atoms with Crippen molar-refractivity contribution in [1.82, 2.24) is 4.98 Å². The number of pyridine rings is 1. The molecule has 1 aromatic heterocycles. The average molecular weight is 279 g/mol. The van der Waals surface area contributed by atoms with Crippen LogP contribution in [0, 0.1) is 0 Å². The van der Waals surface area contributed by atoms with E-state index in [9.17, 15) is 4.79 Å². The normalized spacial score (nSPS) is 16.0. The number of nitrogens with one attached hydrogen (secondary N) is 1. The highest BCUT2D eigenvalue weighted by Gasteiger charge is 2.13. The quantitative estimate of drug-likeness (QED) is 0.690. The summed E-state index contributed by atoms with van der Waals surface area (Å²) in [6, 6.07) is 1.44. The van der Waals surface area contributed by atoms with Crippen molar-refractivity contribution < 1.29 is 14.6 Å². The molecule has 0 aliphatic heterocycles. The van der Waals surface area contributed by atoms with Gasteiger partial charge in [0.2, 0.25) is 0 Å². The number of nitrogens with two attached hydrogens (primary N) is 1. The van der Waals surface area contributed by atoms with Crippen LogP contribution < -0.4 is 11.1 Å². The van der Waals surface area contributed by atoms with Gasteiger partial charge in [-0.1, -0.05) is 19.3 Å². The molecule has 4 N–H and O–H groups in total. The molecule has 0 amide bonds. The lowest BCUT2D eigenvalue weighted by Gasteiger charge is -2.22. The minimum absolute atomic E-state index is 0.0655. The molecule has 1 aliphatic carbocycles. The Kier molecular flexibility index (Phi) is 5.17. The molecule has 1 saturated carbocycles. The second-order valence-electron chi connectivity index (χ2n) is 5.02. The molecular formula is C14H21N3O3. The standard InChI is InChI=1S/C14H21N3O3/c15-12-9-17-13(8-11(12)14(18)19)16-6-7-20-10-4-2-1-3-5-10/h8-10H,1-7,15H2,(H,16,17)(H,18,19). The van der Waals surface area contributed by atoms with Crippen molar-refractivity contribution in [2.24, 2.45) is 0 Å². The molecule has 0 radical (unpaired) electrons. The Morgan fingerprint density at radius 3 is 2.90 bits per heavy atom. The Hall–Kier alpha value is -1.82. The molecule has 1 aliphatic rings. The molecule has 110 valence electrons. The van der Waals surface area contributed by atoms with E-state index in [-0.39, 0.29) is 11.3 Å². The second kappa shape index (κ2) is 7.09. The van der Waals surface area contributed by atoms with E-state index in [0.29, 0.717) is 25.1 Å². The molecular weight excluding hydrogens is 258 g/mol. The highest BCUT2D eigenvalue weighted by atomic mass is 16.5. The highest BCUT2D eigenvalue weighted by molar-refractivity contribution is 5.94. The van der Waals surface area contributed by atoms with Gasteiger partial charge in [-0.3, -0.25) is 0 Å². The van der Waals surface area contributed by atoms with Crippen molar-refractivity contribution in [3.05, 3.63) is 17.8 Å². The van der Waals surface area contributed by atoms with Gasteiger partial charge in [0.05, 0.1) is 30.2 Å². The number of carboxylic acid groups (broad SMARTS) is 1. The number of aromatic nitrogens is 1. The van der Waals surface area contributed by atoms with Crippen molar-refractivity contribution in [2.45, 2.75) is 38.2 Å². The van der Waals surface area contributed by atoms with E-state index in [1.165, 1.54) is 31.5 Å². The summed E-state index contributed by atoms with van der Waals surface area (Å²) < 4.78 is 5.77. The summed E-state index contributed by atoms with van der Waals surface area (Å²) in [7, 11) is 0. The zero-order valence-corrected chi connectivity index (χ0v) is 11.5. The number of rotatable bonds is 6. The highest BCUT2D eigenvalue weighted by Crippen LogP contribution is 2.20. The van der Waals surface area contributed by atoms with E-state index in [0.717, 1.165) is 12.8 Å². The number of carboxylic acids is 1. The Morgan fingerprint density at radius 2 is 2.20 bits per heavy atom. The molecule has 1 fully saturated rings. The Morgan fingerprint density at radius 1 is 1.45 bits per heavy atom. The Bertz CT molecular complexity index is 459. The summed E-state index contributed by atoms with van der Waals surface area (Å²) in [5, 5.41) is 12.0. The van der Waals surface area contributed by atoms with Crippen LogP contribution in [0.25, 0.3) is 0 Å². The fraction of sp³-hybridized carbons (Fsp3) is 0.571. The molecule has 0 spiro atoms. The van der Waals surface area contributed by atoms with E-state index in [1.54, 1.807) is 0 Å². The number of nitrogen functional groups attached to an aromatic ring is 1. The van der Waals surface area contributed by atoms with Gasteiger partial charge in [-0.05, 0) is 18.9 Å². The first-order valence-electron chi connectivity index (χ1n) is 7.01. The number of ether oxygens (including phenoxy) is 1. The molecule has 0 bridgehead atoms. The third-order valence-electron chi connectivity index (χ3n) is 3.48. The van der Waals surface area contributed by atoms with Crippen LogP contribution in [-0.4, -0.2) is 35.3 Å². The lowest BCUT2D eigenvalue weighted by atomic mass is 9.98. The average Bonchev–Trinajstić information content (AvgIpc) is 2.46. The summed E-state index contributed by atoms with van der Waals surface area (Å²) >= 11 is 0. The van der Waals surface area contributed by atoms with Gasteiger partial charge in [-0.2, -0.15) is 0 Å². The maximum absolute atomic E-state index is 11.0. The summed E-state index contributed by atoms with van der Waals surface area (Å²) in [5.74, 6) is -0.546. The molecule has 6 heteroatoms. The zero-order chi connectivity index (χ0) is 14.4. The third kappa shape index (κ3) is 4.09. The first-order chi connectivity index (χ1) is 9.66. The van der Waals surface area contributed by atoms with E-state index in [1.807, 2.05) is 0 Å². The van der Waals surface area contributed by atoms with Crippen LogP contribution in [0.3, 0.4) is 0 Å². The second-order valence-corrected chi connectivity index (χ2v) is 5.02. The lowest BCUT2D eigenvalue weighted by molar-refractivity contribution is 0.0347. The van der Waals surface area contributed by atoms with E-state index in [4.69, 9.17) is 15.6 Å². The molecule has 20 heavy (non-hydrogen) atoms. The molecule has 2 rings (SSSR count). The van der Waals surface area contributed by atoms with Crippen LogP contribution in [0.2, 0.25) is 0 Å². The molecule has 1 aromatic rings. The summed E-state index contributed by atoms with van der Waals surface area (Å²) in [4.78, 5) is 15.0. The largest absolute Gasteiger partial charge is 0.478 e. The molecule has 6 nitrogen and oxygen atoms in total. The van der Waals surface area contributed by atoms with Crippen molar-refractivity contribution in [2.75, 3.05) is 24.2 Å². The third-order valence-corrected chi connectivity index (χ3v) is 3.48. The molecule has 0 saturated heterocycles. The van der Waals surface area contributed by atoms with Gasteiger partial charge >= 0.3 is 5.97 Å². The van der Waals surface area contributed by atoms with Crippen LogP contribution in [0.15, 0.2) is 12.3 Å². The van der Waals surface area contributed by atoms with Crippen molar-refractivity contribution in [3.63, 3.8) is 0 Å². The number of nitrogens with zero attached hydrogens (tertiary/aromatic N) is 1. The van der Waals surface area contributed by atoms with Gasteiger partial charge in [0.25, 0.3) is 0 Å². The predicted molar refractivity (Wildman–Crippen MR) is 76.9 cm³/mol. The van der Waals surface area contributed by atoms with Crippen LogP contribution in [0.4, 0.5) is 11.5 Å². The summed E-state index contributed by atoms with van der Waals surface area (Å²) in [6.45, 7) is 1.20. The number of aromatic carboxylic acids is 1. The summed E-state index contributed by atoms with van der Waals surface area (Å²) in [5.41, 5.74) is 5.78. The predicted octanol–water partition coefficient (Wildman–Crippen LogP) is 2.12. The van der Waals surface area contributed by atoms with E-state index < -0.39 is 5.97 Å². The van der Waals surface area contributed by atoms with Gasteiger partial charge in [0.1, 0.15) is 5.82 Å². The molecule has 0 aromatic carbocycles. The van der Waals surface area contributed by atoms with Crippen molar-refractivity contribution in [1.29, 1.82) is 0 Å². The fourth-order valence-corrected chi connectivity index (χ4v) is 2.38. The van der Waals surface area contributed by atoms with E-state index in [2.05, 4.69) is 10.3 Å². The van der Waals surface area contributed by atoms with Crippen molar-refractivity contribution in [3.8, 4) is 0 Å².